The maximum Gasteiger partial charge on any atom is 0.317 e. The van der Waals surface area contributed by atoms with E-state index in [4.69, 9.17) is 49.7 Å². The highest BCUT2D eigenvalue weighted by molar-refractivity contribution is 5.90. The third kappa shape index (κ3) is 7.46. The molecule has 0 bridgehead atoms. The Morgan fingerprint density at radius 1 is 1.05 bits per heavy atom. The van der Waals surface area contributed by atoms with Crippen molar-refractivity contribution in [3.05, 3.63) is 101 Å². The summed E-state index contributed by atoms with van der Waals surface area (Å²) in [7, 11) is 1.51. The number of aliphatic carboxylic acids is 1. The van der Waals surface area contributed by atoms with Gasteiger partial charge in [-0.2, -0.15) is 0 Å². The number of aliphatic hydroxyl groups excluding tert-OH is 4. The molecule has 9 rings (SSSR count). The van der Waals surface area contributed by atoms with Gasteiger partial charge in [0.2, 0.25) is 12.0 Å². The van der Waals surface area contributed by atoms with E-state index in [0.29, 0.717) is 51.8 Å². The van der Waals surface area contributed by atoms with E-state index in [1.54, 1.807) is 18.3 Å². The van der Waals surface area contributed by atoms with E-state index < -0.39 is 79.0 Å². The lowest BCUT2D eigenvalue weighted by Crippen LogP contribution is -2.71. The maximum absolute atomic E-state index is 12.5. The van der Waals surface area contributed by atoms with Crippen molar-refractivity contribution in [3.63, 3.8) is 0 Å². The molecule has 0 unspecified atom stereocenters. The highest BCUT2D eigenvalue weighted by atomic mass is 16.7. The van der Waals surface area contributed by atoms with E-state index in [-0.39, 0.29) is 45.0 Å². The van der Waals surface area contributed by atoms with Crippen LogP contribution in [0.25, 0.3) is 10.9 Å². The van der Waals surface area contributed by atoms with E-state index in [2.05, 4.69) is 4.98 Å². The molecule has 340 valence electrons. The third-order valence-electron chi connectivity index (χ3n) is 12.7. The molecule has 1 saturated heterocycles. The number of aromatic amines is 1. The number of nitrogens with one attached hydrogen (secondary N) is 1. The Morgan fingerprint density at radius 2 is 1.84 bits per heavy atom. The summed E-state index contributed by atoms with van der Waals surface area (Å²) in [6.07, 6.45) is -8.80. The van der Waals surface area contributed by atoms with Gasteiger partial charge in [-0.3, -0.25) is 9.59 Å². The summed E-state index contributed by atoms with van der Waals surface area (Å²) in [4.78, 5) is 27.0. The van der Waals surface area contributed by atoms with Crippen molar-refractivity contribution >= 4 is 22.8 Å². The average Bonchev–Trinajstić information content (AvgIpc) is 3.95. The first-order chi connectivity index (χ1) is 30.8. The molecule has 64 heavy (non-hydrogen) atoms. The lowest BCUT2D eigenvalue weighted by Gasteiger charge is -2.48. The minimum Gasteiger partial charge on any atom is -0.493 e. The second-order valence-corrected chi connectivity index (χ2v) is 16.5. The number of hydrogen-bond acceptors (Lipinski definition) is 16. The molecular weight excluding hydrogens is 837 g/mol. The van der Waals surface area contributed by atoms with Gasteiger partial charge in [-0.05, 0) is 36.1 Å². The summed E-state index contributed by atoms with van der Waals surface area (Å²) in [5.41, 5.74) is 14.7. The van der Waals surface area contributed by atoms with Gasteiger partial charge in [0, 0.05) is 53.5 Å². The number of nitrogens with two attached hydrogens (primary N) is 2. The van der Waals surface area contributed by atoms with Gasteiger partial charge in [-0.1, -0.05) is 36.4 Å². The van der Waals surface area contributed by atoms with E-state index in [1.807, 2.05) is 53.2 Å². The van der Waals surface area contributed by atoms with E-state index in [0.717, 1.165) is 22.0 Å². The lowest BCUT2D eigenvalue weighted by atomic mass is 9.78. The van der Waals surface area contributed by atoms with Crippen molar-refractivity contribution < 1.29 is 73.4 Å². The molecule has 4 aliphatic heterocycles. The Kier molecular flexibility index (Phi) is 11.7. The number of carbonyl (C=O) groups excluding carboxylic acids is 1. The number of esters is 1. The summed E-state index contributed by atoms with van der Waals surface area (Å²) in [6.45, 7) is -0.449. The number of carboxylic acid groups (broad SMARTS) is 1. The average molecular weight is 887 g/mol. The molecule has 3 aromatic carbocycles. The molecule has 11 N–H and O–H groups in total. The molecule has 19 nitrogen and oxygen atoms in total. The fraction of sp³-hybridized carbons (Fsp3) is 0.422. The number of aliphatic hydroxyl groups is 5. The molecule has 4 aliphatic rings. The molecule has 2 aromatic heterocycles. The molecule has 0 radical (unpaired) electrons. The van der Waals surface area contributed by atoms with Crippen molar-refractivity contribution in [3.8, 4) is 28.7 Å². The zero-order chi connectivity index (χ0) is 45.0. The smallest absolute Gasteiger partial charge is 0.317 e. The van der Waals surface area contributed by atoms with Gasteiger partial charge in [0.1, 0.15) is 55.0 Å². The molecule has 0 aliphatic carbocycles. The zero-order valence-electron chi connectivity index (χ0n) is 34.7. The number of fused-ring (bicyclic) bond motifs is 8. The number of benzene rings is 3. The lowest BCUT2D eigenvalue weighted by molar-refractivity contribution is -0.329. The fourth-order valence-corrected chi connectivity index (χ4v) is 9.71. The molecule has 0 saturated carbocycles. The van der Waals surface area contributed by atoms with Crippen LogP contribution >= 0.6 is 0 Å². The van der Waals surface area contributed by atoms with Gasteiger partial charge in [-0.15, -0.1) is 0 Å². The number of aromatic nitrogens is 2. The Bertz CT molecular complexity index is 2540. The molecule has 0 amide bonds. The largest absolute Gasteiger partial charge is 0.493 e. The van der Waals surface area contributed by atoms with Gasteiger partial charge in [0.25, 0.3) is 0 Å². The number of hydrogen-bond donors (Lipinski definition) is 9. The van der Waals surface area contributed by atoms with Crippen LogP contribution in [0.2, 0.25) is 0 Å². The minimum atomic E-state index is -2.27. The van der Waals surface area contributed by atoms with Crippen LogP contribution in [0.4, 0.5) is 0 Å². The SMILES string of the molecule is COc1ccc2c(c1OCCO)O[C@H]1c3c(cc4c(c3Cn3cc5cc[nH]c5c3CO)CC[C@]3(O)[C@H](O4)O[C@H]([C@H](OC(=O)CC(=O)O)C(N)N)[C@@H](O)[C@@H]3O)O[C@H](Cc3ccccc3)[C@@H]21. The fourth-order valence-electron chi connectivity index (χ4n) is 9.71. The van der Waals surface area contributed by atoms with Crippen LogP contribution in [-0.4, -0.2) is 121 Å². The second kappa shape index (κ2) is 17.2. The normalized spacial score (nSPS) is 25.9. The van der Waals surface area contributed by atoms with Crippen molar-refractivity contribution in [1.82, 2.24) is 9.55 Å². The molecule has 0 spiro atoms. The molecule has 19 heteroatoms. The Balaban J connectivity index is 1.20. The van der Waals surface area contributed by atoms with Crippen LogP contribution in [0.3, 0.4) is 0 Å². The van der Waals surface area contributed by atoms with Crippen LogP contribution in [0, 0.1) is 0 Å². The summed E-state index contributed by atoms with van der Waals surface area (Å²) in [5.74, 6) is -1.41. The third-order valence-corrected chi connectivity index (χ3v) is 12.7. The first-order valence-corrected chi connectivity index (χ1v) is 20.9. The Labute approximate surface area is 365 Å². The van der Waals surface area contributed by atoms with Gasteiger partial charge < -0.3 is 84.8 Å². The Morgan fingerprint density at radius 3 is 2.56 bits per heavy atom. The van der Waals surface area contributed by atoms with E-state index >= 15 is 0 Å². The van der Waals surface area contributed by atoms with Crippen LogP contribution < -0.4 is 35.2 Å². The molecule has 5 aromatic rings. The number of methoxy groups -OCH3 is 1. The Hall–Kier alpha value is -5.90. The zero-order valence-corrected chi connectivity index (χ0v) is 34.7. The molecule has 6 heterocycles. The number of carboxylic acids is 1. The van der Waals surface area contributed by atoms with Crippen molar-refractivity contribution in [2.75, 3.05) is 20.3 Å². The van der Waals surface area contributed by atoms with E-state index in [1.165, 1.54) is 7.11 Å². The number of rotatable bonds is 14. The predicted octanol–water partition coefficient (Wildman–Crippen LogP) is 1.24. The predicted molar refractivity (Wildman–Crippen MR) is 223 cm³/mol. The van der Waals surface area contributed by atoms with Crippen LogP contribution in [0.5, 0.6) is 28.7 Å². The van der Waals surface area contributed by atoms with Crippen LogP contribution in [0.15, 0.2) is 67.0 Å². The van der Waals surface area contributed by atoms with Gasteiger partial charge in [-0.25, -0.2) is 0 Å². The number of carbonyl (C=O) groups is 2. The van der Waals surface area contributed by atoms with Crippen molar-refractivity contribution in [1.29, 1.82) is 0 Å². The van der Waals surface area contributed by atoms with Crippen molar-refractivity contribution in [2.45, 2.75) is 99.4 Å². The van der Waals surface area contributed by atoms with Gasteiger partial charge in [0.05, 0.1) is 43.6 Å². The summed E-state index contributed by atoms with van der Waals surface area (Å²) >= 11 is 0. The standard InChI is InChI=1S/C45H50N4O15/c1-58-27-8-7-24-33-29(15-21-5-3-2-4-6-21)60-30-16-28-23(9-11-45(57)42(56)36(55)40(64-44(45)61-28)41(43(46)47)62-32(54)17-31(52)53)25(19-49-18-22-10-12-48-35(22)26(49)20-51)34(30)39(33)63-37(24)38(27)59-14-13-50/h2-8,10,12,16,18,29,33,36,39-44,48,50-51,55-57H,9,11,13-15,17,19-20,46-47H2,1H3,(H,52,53)/t29-,33-,36-,39-,40+,41+,42+,44-,45-/m1/s1. The molecule has 9 atom stereocenters. The van der Waals surface area contributed by atoms with Gasteiger partial charge in [0.15, 0.2) is 23.2 Å². The number of ether oxygens (including phenoxy) is 7. The maximum atomic E-state index is 12.5. The monoisotopic (exact) mass is 886 g/mol. The van der Waals surface area contributed by atoms with Crippen LogP contribution in [-0.2, 0) is 45.1 Å². The van der Waals surface area contributed by atoms with Crippen LogP contribution in [0.1, 0.15) is 58.4 Å². The molecule has 1 fully saturated rings. The highest BCUT2D eigenvalue weighted by Gasteiger charge is 2.60. The van der Waals surface area contributed by atoms with E-state index in [9.17, 15) is 35.1 Å². The summed E-state index contributed by atoms with van der Waals surface area (Å²) in [5, 5.41) is 65.9. The first kappa shape index (κ1) is 43.4. The quantitative estimate of drug-likeness (QED) is 0.0431. The van der Waals surface area contributed by atoms with Crippen molar-refractivity contribution in [2.24, 2.45) is 11.5 Å². The topological polar surface area (TPSA) is 293 Å². The number of H-pyrrole nitrogens is 1. The highest BCUT2D eigenvalue weighted by Crippen LogP contribution is 2.60. The first-order valence-electron chi connectivity index (χ1n) is 20.9. The van der Waals surface area contributed by atoms with Gasteiger partial charge >= 0.3 is 11.9 Å². The number of nitrogens with zero attached hydrogens (tertiary/aromatic N) is 1. The summed E-state index contributed by atoms with van der Waals surface area (Å²) in [6, 6.07) is 17.1. The second-order valence-electron chi connectivity index (χ2n) is 16.5. The summed E-state index contributed by atoms with van der Waals surface area (Å²) < 4.78 is 45.8. The molecular formula is C45H50N4O15. The minimum absolute atomic E-state index is 0.0247.